The van der Waals surface area contributed by atoms with E-state index in [4.69, 9.17) is 4.74 Å². The van der Waals surface area contributed by atoms with Crippen molar-refractivity contribution in [2.75, 3.05) is 13.7 Å². The Balaban J connectivity index is 1.61. The fourth-order valence-corrected chi connectivity index (χ4v) is 4.59. The molecule has 3 heteroatoms. The van der Waals surface area contributed by atoms with Crippen LogP contribution in [0.4, 0.5) is 4.39 Å². The summed E-state index contributed by atoms with van der Waals surface area (Å²) in [7, 11) is 1.64. The molecule has 2 atom stereocenters. The van der Waals surface area contributed by atoms with Crippen molar-refractivity contribution >= 4 is 0 Å². The molecule has 0 radical (unpaired) electrons. The zero-order chi connectivity index (χ0) is 17.4. The molecule has 0 spiro atoms. The molecule has 1 saturated heterocycles. The lowest BCUT2D eigenvalue weighted by molar-refractivity contribution is 0.174. The highest BCUT2D eigenvalue weighted by Crippen LogP contribution is 2.35. The molecule has 1 aliphatic carbocycles. The van der Waals surface area contributed by atoms with Gasteiger partial charge in [-0.3, -0.25) is 4.90 Å². The molecule has 1 fully saturated rings. The van der Waals surface area contributed by atoms with Crippen LogP contribution in [-0.4, -0.2) is 30.6 Å². The maximum atomic E-state index is 13.7. The molecule has 1 aliphatic heterocycles. The summed E-state index contributed by atoms with van der Waals surface area (Å²) in [5.41, 5.74) is 4.74. The van der Waals surface area contributed by atoms with Crippen LogP contribution in [0.3, 0.4) is 0 Å². The minimum Gasteiger partial charge on any atom is -0.496 e. The summed E-state index contributed by atoms with van der Waals surface area (Å²) < 4.78 is 19.1. The second-order valence-corrected chi connectivity index (χ2v) is 7.45. The summed E-state index contributed by atoms with van der Waals surface area (Å²) in [6.07, 6.45) is 6.14. The molecule has 2 unspecified atom stereocenters. The molecule has 0 N–H and O–H groups in total. The van der Waals surface area contributed by atoms with Gasteiger partial charge in [0.25, 0.3) is 0 Å². The Kier molecular flexibility index (Phi) is 4.51. The fraction of sp³-hybridized carbons (Fsp3) is 0.455. The number of fused-ring (bicyclic) bond motifs is 1. The van der Waals surface area contributed by atoms with Crippen LogP contribution in [-0.2, 0) is 12.8 Å². The van der Waals surface area contributed by atoms with Gasteiger partial charge in [-0.25, -0.2) is 4.39 Å². The van der Waals surface area contributed by atoms with Crippen molar-refractivity contribution in [2.45, 2.75) is 51.1 Å². The number of aryl methyl sites for hydroxylation is 1. The van der Waals surface area contributed by atoms with Crippen LogP contribution < -0.4 is 4.74 Å². The standard InChI is InChI=1S/C22H26FNO/c1-15-4-3-11-24(15)20-9-7-16-12-18(6-5-17(16)13-20)21-14-19(23)8-10-22(21)25-2/h5-6,8,10,12,14-15,20H,3-4,7,9,11,13H2,1-2H3. The van der Waals surface area contributed by atoms with Crippen molar-refractivity contribution in [3.8, 4) is 16.9 Å². The van der Waals surface area contributed by atoms with E-state index >= 15 is 0 Å². The zero-order valence-electron chi connectivity index (χ0n) is 15.1. The third kappa shape index (κ3) is 3.18. The molecule has 132 valence electrons. The Hall–Kier alpha value is -1.87. The summed E-state index contributed by atoms with van der Waals surface area (Å²) >= 11 is 0. The van der Waals surface area contributed by atoms with Crippen molar-refractivity contribution in [2.24, 2.45) is 0 Å². The van der Waals surface area contributed by atoms with Gasteiger partial charge in [-0.1, -0.05) is 18.2 Å². The van der Waals surface area contributed by atoms with Gasteiger partial charge in [0.05, 0.1) is 7.11 Å². The molecule has 2 aromatic rings. The van der Waals surface area contributed by atoms with E-state index in [9.17, 15) is 4.39 Å². The summed E-state index contributed by atoms with van der Waals surface area (Å²) in [6, 6.07) is 12.7. The highest BCUT2D eigenvalue weighted by Gasteiger charge is 2.30. The Morgan fingerprint density at radius 3 is 2.72 bits per heavy atom. The Morgan fingerprint density at radius 2 is 1.96 bits per heavy atom. The Bertz CT molecular complexity index is 773. The van der Waals surface area contributed by atoms with E-state index < -0.39 is 0 Å². The van der Waals surface area contributed by atoms with Gasteiger partial charge in [0, 0.05) is 17.6 Å². The number of benzene rings is 2. The van der Waals surface area contributed by atoms with E-state index in [1.54, 1.807) is 19.2 Å². The number of ether oxygens (including phenoxy) is 1. The molecule has 0 saturated carbocycles. The van der Waals surface area contributed by atoms with Crippen molar-refractivity contribution in [1.29, 1.82) is 0 Å². The minimum absolute atomic E-state index is 0.225. The van der Waals surface area contributed by atoms with Gasteiger partial charge in [0.1, 0.15) is 11.6 Å². The van der Waals surface area contributed by atoms with Crippen LogP contribution in [0.1, 0.15) is 37.3 Å². The van der Waals surface area contributed by atoms with E-state index in [-0.39, 0.29) is 5.82 Å². The predicted molar refractivity (Wildman–Crippen MR) is 99.6 cm³/mol. The summed E-state index contributed by atoms with van der Waals surface area (Å²) in [4.78, 5) is 2.70. The van der Waals surface area contributed by atoms with E-state index in [1.807, 2.05) is 0 Å². The number of nitrogens with zero attached hydrogens (tertiary/aromatic N) is 1. The minimum atomic E-state index is -0.225. The first-order valence-electron chi connectivity index (χ1n) is 9.37. The third-order valence-corrected chi connectivity index (χ3v) is 5.95. The third-order valence-electron chi connectivity index (χ3n) is 5.95. The Morgan fingerprint density at radius 1 is 1.08 bits per heavy atom. The molecule has 0 aromatic heterocycles. The fourth-order valence-electron chi connectivity index (χ4n) is 4.59. The average molecular weight is 339 g/mol. The van der Waals surface area contributed by atoms with E-state index in [0.717, 1.165) is 35.8 Å². The van der Waals surface area contributed by atoms with Gasteiger partial charge >= 0.3 is 0 Å². The number of halogens is 1. The van der Waals surface area contributed by atoms with Crippen LogP contribution in [0.5, 0.6) is 5.75 Å². The second kappa shape index (κ2) is 6.80. The van der Waals surface area contributed by atoms with Gasteiger partial charge in [0.2, 0.25) is 0 Å². The number of hydrogen-bond acceptors (Lipinski definition) is 2. The zero-order valence-corrected chi connectivity index (χ0v) is 15.1. The first-order valence-corrected chi connectivity index (χ1v) is 9.37. The summed E-state index contributed by atoms with van der Waals surface area (Å²) in [6.45, 7) is 3.61. The summed E-state index contributed by atoms with van der Waals surface area (Å²) in [5, 5.41) is 0. The van der Waals surface area contributed by atoms with Gasteiger partial charge in [-0.2, -0.15) is 0 Å². The van der Waals surface area contributed by atoms with E-state index in [1.165, 1.54) is 43.0 Å². The molecule has 4 rings (SSSR count). The normalized spacial score (nSPS) is 23.5. The van der Waals surface area contributed by atoms with Crippen molar-refractivity contribution < 1.29 is 9.13 Å². The summed E-state index contributed by atoms with van der Waals surface area (Å²) in [5.74, 6) is 0.498. The Labute approximate surface area is 149 Å². The molecule has 2 nitrogen and oxygen atoms in total. The molecule has 1 heterocycles. The second-order valence-electron chi connectivity index (χ2n) is 7.45. The van der Waals surface area contributed by atoms with Gasteiger partial charge < -0.3 is 4.74 Å². The smallest absolute Gasteiger partial charge is 0.126 e. The van der Waals surface area contributed by atoms with Crippen molar-refractivity contribution in [3.05, 3.63) is 53.3 Å². The number of hydrogen-bond donors (Lipinski definition) is 0. The molecule has 0 amide bonds. The van der Waals surface area contributed by atoms with Crippen molar-refractivity contribution in [1.82, 2.24) is 4.90 Å². The monoisotopic (exact) mass is 339 g/mol. The quantitative estimate of drug-likeness (QED) is 0.793. The lowest BCUT2D eigenvalue weighted by atomic mass is 9.85. The maximum Gasteiger partial charge on any atom is 0.126 e. The largest absolute Gasteiger partial charge is 0.496 e. The SMILES string of the molecule is COc1ccc(F)cc1-c1ccc2c(c1)CCC(N1CCCC1C)C2. The molecular formula is C22H26FNO. The number of likely N-dealkylation sites (tertiary alicyclic amines) is 1. The maximum absolute atomic E-state index is 13.7. The van der Waals surface area contributed by atoms with E-state index in [0.29, 0.717) is 6.04 Å². The van der Waals surface area contributed by atoms with Crippen LogP contribution in [0.25, 0.3) is 11.1 Å². The van der Waals surface area contributed by atoms with Gasteiger partial charge in [-0.05, 0) is 80.5 Å². The topological polar surface area (TPSA) is 12.5 Å². The van der Waals surface area contributed by atoms with Crippen LogP contribution in [0, 0.1) is 5.82 Å². The first kappa shape index (κ1) is 16.6. The lowest BCUT2D eigenvalue weighted by Gasteiger charge is -2.35. The predicted octanol–water partition coefficient (Wildman–Crippen LogP) is 4.84. The first-order chi connectivity index (χ1) is 12.2. The highest BCUT2D eigenvalue weighted by molar-refractivity contribution is 5.71. The van der Waals surface area contributed by atoms with E-state index in [2.05, 4.69) is 30.0 Å². The molecule has 0 bridgehead atoms. The van der Waals surface area contributed by atoms with Gasteiger partial charge in [-0.15, -0.1) is 0 Å². The molecule has 2 aromatic carbocycles. The number of methoxy groups -OCH3 is 1. The molecule has 25 heavy (non-hydrogen) atoms. The number of rotatable bonds is 3. The highest BCUT2D eigenvalue weighted by atomic mass is 19.1. The van der Waals surface area contributed by atoms with Crippen LogP contribution in [0.2, 0.25) is 0 Å². The van der Waals surface area contributed by atoms with Crippen molar-refractivity contribution in [3.63, 3.8) is 0 Å². The lowest BCUT2D eigenvalue weighted by Crippen LogP contribution is -2.41. The molecular weight excluding hydrogens is 313 g/mol. The molecule has 2 aliphatic rings. The van der Waals surface area contributed by atoms with Crippen LogP contribution >= 0.6 is 0 Å². The van der Waals surface area contributed by atoms with Crippen LogP contribution in [0.15, 0.2) is 36.4 Å². The van der Waals surface area contributed by atoms with Gasteiger partial charge in [0.15, 0.2) is 0 Å². The average Bonchev–Trinajstić information content (AvgIpc) is 3.07.